The van der Waals surface area contributed by atoms with Gasteiger partial charge in [0, 0.05) is 19.2 Å². The highest BCUT2D eigenvalue weighted by molar-refractivity contribution is 5.98. The minimum absolute atomic E-state index is 0.108. The van der Waals surface area contributed by atoms with Crippen LogP contribution in [0.2, 0.25) is 0 Å². The number of amides is 1. The molecule has 2 rings (SSSR count). The first-order valence-electron chi connectivity index (χ1n) is 6.49. The molecule has 0 atom stereocenters. The van der Waals surface area contributed by atoms with Crippen molar-refractivity contribution in [3.8, 4) is 0 Å². The minimum Gasteiger partial charge on any atom is -0.365 e. The van der Waals surface area contributed by atoms with E-state index >= 15 is 0 Å². The summed E-state index contributed by atoms with van der Waals surface area (Å²) in [5.74, 6) is -0.254. The van der Waals surface area contributed by atoms with Crippen LogP contribution in [-0.2, 0) is 0 Å². The number of nitrogens with zero attached hydrogens (tertiary/aromatic N) is 3. The summed E-state index contributed by atoms with van der Waals surface area (Å²) in [5, 5.41) is 10.8. The van der Waals surface area contributed by atoms with E-state index in [1.807, 2.05) is 4.90 Å². The van der Waals surface area contributed by atoms with Crippen LogP contribution in [0.1, 0.15) is 37.0 Å². The predicted octanol–water partition coefficient (Wildman–Crippen LogP) is 1.72. The van der Waals surface area contributed by atoms with Crippen molar-refractivity contribution in [2.24, 2.45) is 11.1 Å². The molecule has 1 aromatic heterocycles. The van der Waals surface area contributed by atoms with Gasteiger partial charge in [-0.05, 0) is 18.3 Å². The number of hydrogen-bond donors (Lipinski definition) is 1. The zero-order valence-corrected chi connectivity index (χ0v) is 11.6. The van der Waals surface area contributed by atoms with Gasteiger partial charge in [-0.2, -0.15) is 0 Å². The van der Waals surface area contributed by atoms with Crippen LogP contribution in [-0.4, -0.2) is 28.9 Å². The Morgan fingerprint density at radius 3 is 2.80 bits per heavy atom. The molecule has 0 unspecified atom stereocenters. The maximum Gasteiger partial charge on any atom is 0.288 e. The van der Waals surface area contributed by atoms with Crippen LogP contribution in [0.15, 0.2) is 12.3 Å². The second-order valence-corrected chi connectivity index (χ2v) is 5.88. The molecule has 20 heavy (non-hydrogen) atoms. The summed E-state index contributed by atoms with van der Waals surface area (Å²) in [6, 6.07) is 1.20. The fourth-order valence-corrected chi connectivity index (χ4v) is 2.58. The van der Waals surface area contributed by atoms with Gasteiger partial charge in [-0.15, -0.1) is 0 Å². The van der Waals surface area contributed by atoms with Crippen molar-refractivity contribution < 1.29 is 9.72 Å². The maximum atomic E-state index is 11.5. The SMILES string of the molecule is CC1(C)CCCN(c2ncc([N+](=O)[O-])cc2C(N)=O)C1. The normalized spacial score (nSPS) is 17.8. The van der Waals surface area contributed by atoms with Crippen LogP contribution in [0, 0.1) is 15.5 Å². The van der Waals surface area contributed by atoms with E-state index in [1.54, 1.807) is 0 Å². The molecule has 2 heterocycles. The molecule has 1 saturated heterocycles. The van der Waals surface area contributed by atoms with Crippen LogP contribution in [0.4, 0.5) is 11.5 Å². The molecule has 108 valence electrons. The number of nitro groups is 1. The van der Waals surface area contributed by atoms with Crippen molar-refractivity contribution in [1.82, 2.24) is 4.98 Å². The van der Waals surface area contributed by atoms with Crippen LogP contribution < -0.4 is 10.6 Å². The van der Waals surface area contributed by atoms with Crippen molar-refractivity contribution in [2.45, 2.75) is 26.7 Å². The topological polar surface area (TPSA) is 102 Å². The first kappa shape index (κ1) is 14.2. The summed E-state index contributed by atoms with van der Waals surface area (Å²) in [6.07, 6.45) is 3.26. The number of piperidine rings is 1. The van der Waals surface area contributed by atoms with Crippen molar-refractivity contribution in [2.75, 3.05) is 18.0 Å². The van der Waals surface area contributed by atoms with E-state index < -0.39 is 10.8 Å². The molecular weight excluding hydrogens is 260 g/mol. The summed E-state index contributed by atoms with van der Waals surface area (Å²) in [5.41, 5.74) is 5.34. The van der Waals surface area contributed by atoms with E-state index in [2.05, 4.69) is 18.8 Å². The molecule has 1 aliphatic heterocycles. The van der Waals surface area contributed by atoms with Crippen molar-refractivity contribution in [3.63, 3.8) is 0 Å². The van der Waals surface area contributed by atoms with E-state index in [-0.39, 0.29) is 16.7 Å². The molecule has 0 aromatic carbocycles. The lowest BCUT2D eigenvalue weighted by Gasteiger charge is -2.39. The molecule has 0 radical (unpaired) electrons. The summed E-state index contributed by atoms with van der Waals surface area (Å²) < 4.78 is 0. The Morgan fingerprint density at radius 1 is 1.55 bits per heavy atom. The Bertz CT molecular complexity index is 557. The largest absolute Gasteiger partial charge is 0.365 e. The van der Waals surface area contributed by atoms with Crippen molar-refractivity contribution in [1.29, 1.82) is 0 Å². The Labute approximate surface area is 116 Å². The van der Waals surface area contributed by atoms with Crippen LogP contribution >= 0.6 is 0 Å². The summed E-state index contributed by atoms with van der Waals surface area (Å²) in [4.78, 5) is 27.8. The molecule has 7 nitrogen and oxygen atoms in total. The number of anilines is 1. The Kier molecular flexibility index (Phi) is 3.61. The second-order valence-electron chi connectivity index (χ2n) is 5.88. The van der Waals surface area contributed by atoms with Gasteiger partial charge in [-0.1, -0.05) is 13.8 Å². The van der Waals surface area contributed by atoms with E-state index in [9.17, 15) is 14.9 Å². The minimum atomic E-state index is -0.695. The standard InChI is InChI=1S/C13H18N4O3/c1-13(2)4-3-5-16(8-13)12-10(11(14)18)6-9(7-15-12)17(19)20/h6-7H,3-5,8H2,1-2H3,(H2,14,18). The molecule has 0 spiro atoms. The number of hydrogen-bond acceptors (Lipinski definition) is 5. The fourth-order valence-electron chi connectivity index (χ4n) is 2.58. The number of carbonyl (C=O) groups is 1. The van der Waals surface area contributed by atoms with Gasteiger partial charge in [0.25, 0.3) is 11.6 Å². The first-order valence-corrected chi connectivity index (χ1v) is 6.49. The molecule has 1 aromatic rings. The summed E-state index contributed by atoms with van der Waals surface area (Å²) in [7, 11) is 0. The van der Waals surface area contributed by atoms with Gasteiger partial charge in [0.15, 0.2) is 0 Å². The monoisotopic (exact) mass is 278 g/mol. The number of nitrogens with two attached hydrogens (primary N) is 1. The predicted molar refractivity (Wildman–Crippen MR) is 74.6 cm³/mol. The maximum absolute atomic E-state index is 11.5. The molecule has 1 amide bonds. The number of pyridine rings is 1. The number of carbonyl (C=O) groups excluding carboxylic acids is 1. The third-order valence-electron chi connectivity index (χ3n) is 3.53. The van der Waals surface area contributed by atoms with Gasteiger partial charge in [-0.3, -0.25) is 14.9 Å². The summed E-state index contributed by atoms with van der Waals surface area (Å²) in [6.45, 7) is 5.82. The van der Waals surface area contributed by atoms with Crippen molar-refractivity contribution in [3.05, 3.63) is 27.9 Å². The Balaban J connectivity index is 2.40. The van der Waals surface area contributed by atoms with Gasteiger partial charge >= 0.3 is 0 Å². The lowest BCUT2D eigenvalue weighted by molar-refractivity contribution is -0.385. The van der Waals surface area contributed by atoms with Crippen LogP contribution in [0.5, 0.6) is 0 Å². The average Bonchev–Trinajstić information content (AvgIpc) is 2.36. The Morgan fingerprint density at radius 2 is 2.25 bits per heavy atom. The average molecular weight is 278 g/mol. The Hall–Kier alpha value is -2.18. The first-order chi connectivity index (χ1) is 9.30. The van der Waals surface area contributed by atoms with Crippen molar-refractivity contribution >= 4 is 17.4 Å². The molecule has 0 saturated carbocycles. The third kappa shape index (κ3) is 2.87. The van der Waals surface area contributed by atoms with E-state index in [0.29, 0.717) is 5.82 Å². The lowest BCUT2D eigenvalue weighted by atomic mass is 9.84. The fraction of sp³-hybridized carbons (Fsp3) is 0.538. The van der Waals surface area contributed by atoms with E-state index in [4.69, 9.17) is 5.73 Å². The quantitative estimate of drug-likeness (QED) is 0.669. The number of rotatable bonds is 3. The van der Waals surface area contributed by atoms with Gasteiger partial charge < -0.3 is 10.6 Å². The highest BCUT2D eigenvalue weighted by Crippen LogP contribution is 2.32. The van der Waals surface area contributed by atoms with E-state index in [1.165, 1.54) is 12.3 Å². The van der Waals surface area contributed by atoms with Gasteiger partial charge in [-0.25, -0.2) is 4.98 Å². The smallest absolute Gasteiger partial charge is 0.288 e. The molecular formula is C13H18N4O3. The summed E-state index contributed by atoms with van der Waals surface area (Å²) >= 11 is 0. The van der Waals surface area contributed by atoms with Gasteiger partial charge in [0.2, 0.25) is 0 Å². The van der Waals surface area contributed by atoms with Crippen LogP contribution in [0.25, 0.3) is 0 Å². The van der Waals surface area contributed by atoms with E-state index in [0.717, 1.165) is 25.9 Å². The lowest BCUT2D eigenvalue weighted by Crippen LogP contribution is -2.41. The molecule has 7 heteroatoms. The molecule has 0 aliphatic carbocycles. The molecule has 1 aliphatic rings. The molecule has 2 N–H and O–H groups in total. The number of primary amides is 1. The second kappa shape index (κ2) is 5.07. The zero-order valence-electron chi connectivity index (χ0n) is 11.6. The number of aromatic nitrogens is 1. The highest BCUT2D eigenvalue weighted by Gasteiger charge is 2.29. The highest BCUT2D eigenvalue weighted by atomic mass is 16.6. The van der Waals surface area contributed by atoms with Crippen LogP contribution in [0.3, 0.4) is 0 Å². The zero-order chi connectivity index (χ0) is 14.9. The third-order valence-corrected chi connectivity index (χ3v) is 3.53. The van der Waals surface area contributed by atoms with Gasteiger partial charge in [0.1, 0.15) is 12.0 Å². The molecule has 0 bridgehead atoms. The van der Waals surface area contributed by atoms with Gasteiger partial charge in [0.05, 0.1) is 10.5 Å². The molecule has 1 fully saturated rings.